The van der Waals surface area contributed by atoms with Gasteiger partial charge in [-0.1, -0.05) is 17.8 Å². The first-order chi connectivity index (χ1) is 9.10. The second kappa shape index (κ2) is 6.08. The first-order valence-corrected chi connectivity index (χ1v) is 6.71. The van der Waals surface area contributed by atoms with Gasteiger partial charge < -0.3 is 9.84 Å². The van der Waals surface area contributed by atoms with Crippen LogP contribution in [0.3, 0.4) is 0 Å². The molecule has 2 aromatic rings. The van der Waals surface area contributed by atoms with E-state index in [4.69, 9.17) is 4.74 Å². The maximum absolute atomic E-state index is 13.2. The minimum Gasteiger partial charge on any atom is -0.497 e. The summed E-state index contributed by atoms with van der Waals surface area (Å²) >= 11 is 1.47. The van der Waals surface area contributed by atoms with Crippen LogP contribution in [0, 0.1) is 5.82 Å². The standard InChI is InChI=1S/C15H15FO2S/c1-10(17)14-8-11(16)6-7-15(14)19-13-5-3-4-12(9-13)18-2/h3-10,17H,1-2H3. The normalized spacial score (nSPS) is 12.2. The van der Waals surface area contributed by atoms with Gasteiger partial charge in [0.25, 0.3) is 0 Å². The van der Waals surface area contributed by atoms with Crippen LogP contribution in [0.5, 0.6) is 5.75 Å². The zero-order valence-electron chi connectivity index (χ0n) is 10.8. The fourth-order valence-corrected chi connectivity index (χ4v) is 2.79. The van der Waals surface area contributed by atoms with Crippen molar-refractivity contribution in [3.8, 4) is 5.75 Å². The largest absolute Gasteiger partial charge is 0.497 e. The summed E-state index contributed by atoms with van der Waals surface area (Å²) in [6.45, 7) is 1.63. The van der Waals surface area contributed by atoms with E-state index in [9.17, 15) is 9.50 Å². The van der Waals surface area contributed by atoms with Gasteiger partial charge in [-0.05, 0) is 48.9 Å². The molecule has 2 rings (SSSR count). The van der Waals surface area contributed by atoms with E-state index in [2.05, 4.69) is 0 Å². The van der Waals surface area contributed by atoms with Gasteiger partial charge in [0.05, 0.1) is 13.2 Å². The molecule has 0 aromatic heterocycles. The monoisotopic (exact) mass is 278 g/mol. The molecule has 1 atom stereocenters. The molecule has 4 heteroatoms. The van der Waals surface area contributed by atoms with E-state index < -0.39 is 6.10 Å². The summed E-state index contributed by atoms with van der Waals surface area (Å²) in [5.41, 5.74) is 0.591. The molecule has 1 N–H and O–H groups in total. The lowest BCUT2D eigenvalue weighted by Gasteiger charge is -2.12. The van der Waals surface area contributed by atoms with Crippen molar-refractivity contribution in [1.82, 2.24) is 0 Å². The van der Waals surface area contributed by atoms with Crippen LogP contribution in [0.25, 0.3) is 0 Å². The van der Waals surface area contributed by atoms with Crippen LogP contribution in [-0.2, 0) is 0 Å². The molecule has 19 heavy (non-hydrogen) atoms. The predicted octanol–water partition coefficient (Wildman–Crippen LogP) is 4.04. The van der Waals surface area contributed by atoms with E-state index in [-0.39, 0.29) is 5.82 Å². The lowest BCUT2D eigenvalue weighted by molar-refractivity contribution is 0.196. The third-order valence-corrected chi connectivity index (χ3v) is 3.77. The molecule has 0 saturated carbocycles. The van der Waals surface area contributed by atoms with Crippen molar-refractivity contribution in [2.24, 2.45) is 0 Å². The van der Waals surface area contributed by atoms with Crippen molar-refractivity contribution < 1.29 is 14.2 Å². The van der Waals surface area contributed by atoms with Gasteiger partial charge in [-0.3, -0.25) is 0 Å². The van der Waals surface area contributed by atoms with Gasteiger partial charge in [-0.2, -0.15) is 0 Å². The Balaban J connectivity index is 2.32. The number of aliphatic hydroxyl groups excluding tert-OH is 1. The summed E-state index contributed by atoms with van der Waals surface area (Å²) in [5.74, 6) is 0.427. The molecule has 2 nitrogen and oxygen atoms in total. The first kappa shape index (κ1) is 13.9. The Morgan fingerprint density at radius 1 is 1.21 bits per heavy atom. The van der Waals surface area contributed by atoms with Crippen molar-refractivity contribution >= 4 is 11.8 Å². The second-order valence-electron chi connectivity index (χ2n) is 4.14. The van der Waals surface area contributed by atoms with Crippen LogP contribution in [0.1, 0.15) is 18.6 Å². The van der Waals surface area contributed by atoms with E-state index in [1.54, 1.807) is 20.1 Å². The number of rotatable bonds is 4. The predicted molar refractivity (Wildman–Crippen MR) is 74.2 cm³/mol. The summed E-state index contributed by atoms with van der Waals surface area (Å²) in [5, 5.41) is 9.70. The number of methoxy groups -OCH3 is 1. The van der Waals surface area contributed by atoms with Crippen LogP contribution in [0.15, 0.2) is 52.3 Å². The maximum Gasteiger partial charge on any atom is 0.123 e. The Kier molecular flexibility index (Phi) is 4.45. The van der Waals surface area contributed by atoms with Crippen LogP contribution in [-0.4, -0.2) is 12.2 Å². The summed E-state index contributed by atoms with van der Waals surface area (Å²) in [6, 6.07) is 12.1. The zero-order valence-corrected chi connectivity index (χ0v) is 11.6. The zero-order chi connectivity index (χ0) is 13.8. The highest BCUT2D eigenvalue weighted by Gasteiger charge is 2.11. The van der Waals surface area contributed by atoms with E-state index in [0.29, 0.717) is 5.56 Å². The van der Waals surface area contributed by atoms with Gasteiger partial charge >= 0.3 is 0 Å². The van der Waals surface area contributed by atoms with Gasteiger partial charge in [0.1, 0.15) is 11.6 Å². The molecule has 0 heterocycles. The van der Waals surface area contributed by atoms with Gasteiger partial charge in [0.15, 0.2) is 0 Å². The van der Waals surface area contributed by atoms with Crippen LogP contribution >= 0.6 is 11.8 Å². The molecule has 0 bridgehead atoms. The van der Waals surface area contributed by atoms with Crippen LogP contribution in [0.2, 0.25) is 0 Å². The van der Waals surface area contributed by atoms with Crippen molar-refractivity contribution in [3.63, 3.8) is 0 Å². The SMILES string of the molecule is COc1cccc(Sc2ccc(F)cc2C(C)O)c1. The van der Waals surface area contributed by atoms with Crippen LogP contribution in [0.4, 0.5) is 4.39 Å². The van der Waals surface area contributed by atoms with E-state index in [0.717, 1.165) is 15.5 Å². The van der Waals surface area contributed by atoms with Crippen molar-refractivity contribution in [2.45, 2.75) is 22.8 Å². The summed E-state index contributed by atoms with van der Waals surface area (Å²) in [7, 11) is 1.61. The Labute approximate surface area is 116 Å². The van der Waals surface area contributed by atoms with Gasteiger partial charge in [0, 0.05) is 9.79 Å². The topological polar surface area (TPSA) is 29.5 Å². The average molecular weight is 278 g/mol. The Morgan fingerprint density at radius 3 is 2.68 bits per heavy atom. The number of halogens is 1. The Morgan fingerprint density at radius 2 is 2.00 bits per heavy atom. The molecule has 0 saturated heterocycles. The Hall–Kier alpha value is -1.52. The number of aliphatic hydroxyl groups is 1. The first-order valence-electron chi connectivity index (χ1n) is 5.89. The summed E-state index contributed by atoms with van der Waals surface area (Å²) < 4.78 is 18.4. The smallest absolute Gasteiger partial charge is 0.123 e. The number of ether oxygens (including phenoxy) is 1. The molecule has 100 valence electrons. The molecule has 0 aliphatic rings. The van der Waals surface area contributed by atoms with Crippen molar-refractivity contribution in [2.75, 3.05) is 7.11 Å². The fraction of sp³-hybridized carbons (Fsp3) is 0.200. The highest BCUT2D eigenvalue weighted by Crippen LogP contribution is 2.35. The van der Waals surface area contributed by atoms with Gasteiger partial charge in [0.2, 0.25) is 0 Å². The molecular weight excluding hydrogens is 263 g/mol. The average Bonchev–Trinajstić information content (AvgIpc) is 2.41. The molecule has 2 aromatic carbocycles. The highest BCUT2D eigenvalue weighted by atomic mass is 32.2. The lowest BCUT2D eigenvalue weighted by Crippen LogP contribution is -1.95. The minimum atomic E-state index is -0.705. The maximum atomic E-state index is 13.2. The Bertz CT molecular complexity index is 570. The molecular formula is C15H15FO2S. The molecule has 1 unspecified atom stereocenters. The number of benzene rings is 2. The fourth-order valence-electron chi connectivity index (χ4n) is 1.73. The minimum absolute atomic E-state index is 0.342. The van der Waals surface area contributed by atoms with Crippen LogP contribution < -0.4 is 4.74 Å². The van der Waals surface area contributed by atoms with E-state index in [1.807, 2.05) is 24.3 Å². The second-order valence-corrected chi connectivity index (χ2v) is 5.25. The quantitative estimate of drug-likeness (QED) is 0.915. The number of hydrogen-bond acceptors (Lipinski definition) is 3. The number of hydrogen-bond donors (Lipinski definition) is 1. The highest BCUT2D eigenvalue weighted by molar-refractivity contribution is 7.99. The molecule has 0 aliphatic heterocycles. The molecule has 0 spiro atoms. The van der Waals surface area contributed by atoms with Crippen molar-refractivity contribution in [3.05, 3.63) is 53.8 Å². The van der Waals surface area contributed by atoms with E-state index >= 15 is 0 Å². The van der Waals surface area contributed by atoms with Crippen molar-refractivity contribution in [1.29, 1.82) is 0 Å². The lowest BCUT2D eigenvalue weighted by atomic mass is 10.1. The molecule has 0 fully saturated rings. The van der Waals surface area contributed by atoms with Gasteiger partial charge in [-0.25, -0.2) is 4.39 Å². The van der Waals surface area contributed by atoms with Gasteiger partial charge in [-0.15, -0.1) is 0 Å². The van der Waals surface area contributed by atoms with E-state index in [1.165, 1.54) is 23.9 Å². The molecule has 0 radical (unpaired) electrons. The summed E-state index contributed by atoms with van der Waals surface area (Å²) in [6.07, 6.45) is -0.705. The molecule has 0 aliphatic carbocycles. The summed E-state index contributed by atoms with van der Waals surface area (Å²) in [4.78, 5) is 1.82. The third-order valence-electron chi connectivity index (χ3n) is 2.69. The third kappa shape index (κ3) is 3.49. The molecule has 0 amide bonds.